The number of primary amides is 1. The van der Waals surface area contributed by atoms with Crippen LogP contribution in [0.15, 0.2) is 24.3 Å². The molecule has 110 valence electrons. The third-order valence-electron chi connectivity index (χ3n) is 4.15. The SMILES string of the molecule is CC(C)(C)c1cccc(CC2CCCN(C(N)=O)C2)c1. The maximum atomic E-state index is 11.3. The van der Waals surface area contributed by atoms with Crippen molar-refractivity contribution < 1.29 is 4.79 Å². The van der Waals surface area contributed by atoms with Crippen LogP contribution in [0, 0.1) is 5.92 Å². The first-order valence-corrected chi connectivity index (χ1v) is 7.50. The number of nitrogens with zero attached hydrogens (tertiary/aromatic N) is 1. The molecule has 1 atom stereocenters. The number of amides is 2. The molecule has 1 aliphatic heterocycles. The summed E-state index contributed by atoms with van der Waals surface area (Å²) >= 11 is 0. The molecule has 1 heterocycles. The van der Waals surface area contributed by atoms with Crippen LogP contribution in [-0.4, -0.2) is 24.0 Å². The Kier molecular flexibility index (Phi) is 4.36. The molecule has 2 N–H and O–H groups in total. The highest BCUT2D eigenvalue weighted by molar-refractivity contribution is 5.72. The maximum Gasteiger partial charge on any atom is 0.314 e. The van der Waals surface area contributed by atoms with E-state index in [2.05, 4.69) is 45.0 Å². The van der Waals surface area contributed by atoms with E-state index in [1.807, 2.05) is 0 Å². The smallest absolute Gasteiger partial charge is 0.314 e. The zero-order chi connectivity index (χ0) is 14.8. The van der Waals surface area contributed by atoms with Gasteiger partial charge >= 0.3 is 6.03 Å². The van der Waals surface area contributed by atoms with Gasteiger partial charge in [-0.15, -0.1) is 0 Å². The number of carbonyl (C=O) groups is 1. The predicted molar refractivity (Wildman–Crippen MR) is 82.7 cm³/mol. The molecule has 1 fully saturated rings. The fraction of sp³-hybridized carbons (Fsp3) is 0.588. The lowest BCUT2D eigenvalue weighted by Crippen LogP contribution is -2.43. The number of carbonyl (C=O) groups excluding carboxylic acids is 1. The van der Waals surface area contributed by atoms with Crippen molar-refractivity contribution in [3.05, 3.63) is 35.4 Å². The Morgan fingerprint density at radius 1 is 1.40 bits per heavy atom. The third kappa shape index (κ3) is 3.75. The number of benzene rings is 1. The number of hydrogen-bond acceptors (Lipinski definition) is 1. The first kappa shape index (κ1) is 14.9. The van der Waals surface area contributed by atoms with Crippen LogP contribution in [0.4, 0.5) is 4.79 Å². The van der Waals surface area contributed by atoms with Gasteiger partial charge in [0.15, 0.2) is 0 Å². The van der Waals surface area contributed by atoms with E-state index in [0.29, 0.717) is 5.92 Å². The molecular formula is C17H26N2O. The molecule has 2 amide bonds. The van der Waals surface area contributed by atoms with Crippen LogP contribution < -0.4 is 5.73 Å². The van der Waals surface area contributed by atoms with Crippen LogP contribution in [0.3, 0.4) is 0 Å². The second kappa shape index (κ2) is 5.86. The molecule has 0 radical (unpaired) electrons. The van der Waals surface area contributed by atoms with Gasteiger partial charge in [-0.05, 0) is 41.7 Å². The van der Waals surface area contributed by atoms with Crippen molar-refractivity contribution in [2.24, 2.45) is 11.7 Å². The zero-order valence-corrected chi connectivity index (χ0v) is 12.9. The lowest BCUT2D eigenvalue weighted by molar-refractivity contribution is 0.173. The Labute approximate surface area is 122 Å². The molecule has 3 heteroatoms. The molecule has 20 heavy (non-hydrogen) atoms. The number of likely N-dealkylation sites (tertiary alicyclic amines) is 1. The highest BCUT2D eigenvalue weighted by Gasteiger charge is 2.22. The number of nitrogens with two attached hydrogens (primary N) is 1. The van der Waals surface area contributed by atoms with Gasteiger partial charge in [0.1, 0.15) is 0 Å². The summed E-state index contributed by atoms with van der Waals surface area (Å²) in [5, 5.41) is 0. The van der Waals surface area contributed by atoms with Crippen molar-refractivity contribution >= 4 is 6.03 Å². The van der Waals surface area contributed by atoms with E-state index in [1.54, 1.807) is 4.90 Å². The Balaban J connectivity index is 2.04. The van der Waals surface area contributed by atoms with E-state index in [1.165, 1.54) is 17.5 Å². The lowest BCUT2D eigenvalue weighted by Gasteiger charge is -2.31. The average Bonchev–Trinajstić information content (AvgIpc) is 2.38. The van der Waals surface area contributed by atoms with Crippen LogP contribution in [0.1, 0.15) is 44.7 Å². The van der Waals surface area contributed by atoms with Crippen molar-refractivity contribution in [3.8, 4) is 0 Å². The minimum absolute atomic E-state index is 0.182. The quantitative estimate of drug-likeness (QED) is 0.883. The summed E-state index contributed by atoms with van der Waals surface area (Å²) in [5.41, 5.74) is 8.32. The van der Waals surface area contributed by atoms with Gasteiger partial charge in [-0.3, -0.25) is 0 Å². The van der Waals surface area contributed by atoms with E-state index in [0.717, 1.165) is 25.9 Å². The van der Waals surface area contributed by atoms with Crippen molar-refractivity contribution in [3.63, 3.8) is 0 Å². The normalized spacial score (nSPS) is 19.9. The maximum absolute atomic E-state index is 11.3. The van der Waals surface area contributed by atoms with Gasteiger partial charge in [0.25, 0.3) is 0 Å². The molecule has 3 nitrogen and oxygen atoms in total. The highest BCUT2D eigenvalue weighted by Crippen LogP contribution is 2.25. The molecule has 0 spiro atoms. The van der Waals surface area contributed by atoms with Gasteiger partial charge in [0, 0.05) is 13.1 Å². The summed E-state index contributed by atoms with van der Waals surface area (Å²) in [6.07, 6.45) is 3.28. The zero-order valence-electron chi connectivity index (χ0n) is 12.9. The molecule has 1 aromatic carbocycles. The summed E-state index contributed by atoms with van der Waals surface area (Å²) in [6.45, 7) is 8.33. The molecular weight excluding hydrogens is 248 g/mol. The van der Waals surface area contributed by atoms with Crippen LogP contribution >= 0.6 is 0 Å². The molecule has 0 bridgehead atoms. The minimum atomic E-state index is -0.279. The third-order valence-corrected chi connectivity index (χ3v) is 4.15. The van der Waals surface area contributed by atoms with Crippen molar-refractivity contribution in [2.75, 3.05) is 13.1 Å². The van der Waals surface area contributed by atoms with E-state index in [-0.39, 0.29) is 11.4 Å². The predicted octanol–water partition coefficient (Wildman–Crippen LogP) is 3.32. The van der Waals surface area contributed by atoms with Crippen LogP contribution in [0.25, 0.3) is 0 Å². The molecule has 2 rings (SSSR count). The summed E-state index contributed by atoms with van der Waals surface area (Å²) in [4.78, 5) is 13.1. The molecule has 0 saturated carbocycles. The summed E-state index contributed by atoms with van der Waals surface area (Å²) in [5.74, 6) is 0.534. The topological polar surface area (TPSA) is 46.3 Å². The van der Waals surface area contributed by atoms with Gasteiger partial charge in [0.2, 0.25) is 0 Å². The Morgan fingerprint density at radius 2 is 2.15 bits per heavy atom. The molecule has 1 saturated heterocycles. The summed E-state index contributed by atoms with van der Waals surface area (Å²) in [6, 6.07) is 8.56. The first-order chi connectivity index (χ1) is 9.36. The van der Waals surface area contributed by atoms with Gasteiger partial charge in [-0.1, -0.05) is 45.0 Å². The molecule has 1 aliphatic rings. The van der Waals surface area contributed by atoms with E-state index < -0.39 is 0 Å². The molecule has 1 unspecified atom stereocenters. The fourth-order valence-electron chi connectivity index (χ4n) is 2.93. The van der Waals surface area contributed by atoms with Gasteiger partial charge in [-0.2, -0.15) is 0 Å². The average molecular weight is 274 g/mol. The van der Waals surface area contributed by atoms with Gasteiger partial charge in [0.05, 0.1) is 0 Å². The van der Waals surface area contributed by atoms with Crippen molar-refractivity contribution in [1.29, 1.82) is 0 Å². The second-order valence-corrected chi connectivity index (χ2v) is 6.95. The molecule has 1 aromatic rings. The Hall–Kier alpha value is -1.51. The van der Waals surface area contributed by atoms with Gasteiger partial charge in [-0.25, -0.2) is 4.79 Å². The highest BCUT2D eigenvalue weighted by atomic mass is 16.2. The van der Waals surface area contributed by atoms with Crippen LogP contribution in [0.5, 0.6) is 0 Å². The van der Waals surface area contributed by atoms with Crippen molar-refractivity contribution in [2.45, 2.75) is 45.4 Å². The van der Waals surface area contributed by atoms with Crippen LogP contribution in [-0.2, 0) is 11.8 Å². The minimum Gasteiger partial charge on any atom is -0.351 e. The lowest BCUT2D eigenvalue weighted by atomic mass is 9.84. The van der Waals surface area contributed by atoms with Crippen LogP contribution in [0.2, 0.25) is 0 Å². The standard InChI is InChI=1S/C17H26N2O/c1-17(2,3)15-8-4-6-13(11-15)10-14-7-5-9-19(12-14)16(18)20/h4,6,8,11,14H,5,7,9-10,12H2,1-3H3,(H2,18,20). The first-order valence-electron chi connectivity index (χ1n) is 7.50. The summed E-state index contributed by atoms with van der Waals surface area (Å²) < 4.78 is 0. The Bertz CT molecular complexity index is 476. The van der Waals surface area contributed by atoms with E-state index in [9.17, 15) is 4.79 Å². The number of hydrogen-bond donors (Lipinski definition) is 1. The monoisotopic (exact) mass is 274 g/mol. The van der Waals surface area contributed by atoms with Gasteiger partial charge < -0.3 is 10.6 Å². The number of urea groups is 1. The summed E-state index contributed by atoms with van der Waals surface area (Å²) in [7, 11) is 0. The fourth-order valence-corrected chi connectivity index (χ4v) is 2.93. The number of piperidine rings is 1. The Morgan fingerprint density at radius 3 is 2.80 bits per heavy atom. The largest absolute Gasteiger partial charge is 0.351 e. The second-order valence-electron chi connectivity index (χ2n) is 6.95. The van der Waals surface area contributed by atoms with Crippen molar-refractivity contribution in [1.82, 2.24) is 4.90 Å². The number of rotatable bonds is 2. The van der Waals surface area contributed by atoms with E-state index >= 15 is 0 Å². The molecule has 0 aliphatic carbocycles. The molecule has 0 aromatic heterocycles. The van der Waals surface area contributed by atoms with E-state index in [4.69, 9.17) is 5.73 Å².